The van der Waals surface area contributed by atoms with Crippen molar-refractivity contribution in [3.63, 3.8) is 0 Å². The molecule has 0 aliphatic rings. The van der Waals surface area contributed by atoms with Crippen LogP contribution in [0.2, 0.25) is 0 Å². The fraction of sp³-hybridized carbons (Fsp3) is 0.444. The molecule has 0 aromatic heterocycles. The summed E-state index contributed by atoms with van der Waals surface area (Å²) in [5, 5.41) is 8.66. The van der Waals surface area contributed by atoms with Crippen LogP contribution in [0.4, 0.5) is 4.79 Å². The van der Waals surface area contributed by atoms with Crippen LogP contribution in [-0.2, 0) is 0 Å². The number of carbonyl (C=O) groups is 1. The van der Waals surface area contributed by atoms with Gasteiger partial charge in [0.2, 0.25) is 0 Å². The quantitative estimate of drug-likeness (QED) is 0.620. The van der Waals surface area contributed by atoms with Crippen LogP contribution in [0, 0.1) is 24.2 Å². The molecule has 0 rings (SSSR count). The van der Waals surface area contributed by atoms with Crippen LogP contribution in [-0.4, -0.2) is 28.7 Å². The van der Waals surface area contributed by atoms with E-state index < -0.39 is 12.1 Å². The molecule has 3 heteroatoms. The van der Waals surface area contributed by atoms with Gasteiger partial charge in [0, 0.05) is 0 Å². The molecule has 1 atom stereocenters. The van der Waals surface area contributed by atoms with Crippen molar-refractivity contribution in [1.29, 1.82) is 0 Å². The number of hydrogen-bond donors (Lipinski definition) is 1. The van der Waals surface area contributed by atoms with Crippen molar-refractivity contribution in [1.82, 2.24) is 4.90 Å². The summed E-state index contributed by atoms with van der Waals surface area (Å²) in [5.41, 5.74) is 0. The van der Waals surface area contributed by atoms with Gasteiger partial charge in [0.25, 0.3) is 0 Å². The monoisotopic (exact) mass is 165 g/mol. The third-order valence-corrected chi connectivity index (χ3v) is 1.38. The first-order chi connectivity index (χ1) is 5.63. The summed E-state index contributed by atoms with van der Waals surface area (Å²) < 4.78 is 0. The summed E-state index contributed by atoms with van der Waals surface area (Å²) in [4.78, 5) is 11.7. The number of carboxylic acid groups (broad SMARTS) is 1. The van der Waals surface area contributed by atoms with Gasteiger partial charge in [0.15, 0.2) is 0 Å². The van der Waals surface area contributed by atoms with Crippen molar-refractivity contribution in [2.24, 2.45) is 0 Å². The lowest BCUT2D eigenvalue weighted by molar-refractivity contribution is 0.145. The first-order valence-corrected chi connectivity index (χ1v) is 3.48. The lowest BCUT2D eigenvalue weighted by Gasteiger charge is -2.19. The Balaban J connectivity index is 4.32. The molecule has 3 nitrogen and oxygen atoms in total. The molecule has 1 unspecified atom stereocenters. The molecule has 0 radical (unpaired) electrons. The van der Waals surface area contributed by atoms with E-state index in [-0.39, 0.29) is 6.54 Å². The Morgan fingerprint density at radius 3 is 2.67 bits per heavy atom. The van der Waals surface area contributed by atoms with Gasteiger partial charge in [-0.05, 0) is 13.8 Å². The molecule has 12 heavy (non-hydrogen) atoms. The number of amides is 1. The molecule has 0 fully saturated rings. The van der Waals surface area contributed by atoms with Crippen molar-refractivity contribution < 1.29 is 9.90 Å². The summed E-state index contributed by atoms with van der Waals surface area (Å²) in [7, 11) is 0. The first kappa shape index (κ1) is 10.4. The SMILES string of the molecule is C#CC(C)N(CC#CC)C(=O)O. The van der Waals surface area contributed by atoms with Crippen molar-refractivity contribution in [3.05, 3.63) is 0 Å². The molecule has 0 saturated carbocycles. The molecule has 0 spiro atoms. The number of rotatable bonds is 2. The van der Waals surface area contributed by atoms with E-state index in [2.05, 4.69) is 17.8 Å². The minimum atomic E-state index is -1.04. The average molecular weight is 165 g/mol. The normalized spacial score (nSPS) is 10.4. The molecular weight excluding hydrogens is 154 g/mol. The lowest BCUT2D eigenvalue weighted by atomic mass is 10.3. The Hall–Kier alpha value is -1.61. The smallest absolute Gasteiger partial charge is 0.409 e. The third-order valence-electron chi connectivity index (χ3n) is 1.38. The van der Waals surface area contributed by atoms with E-state index in [1.54, 1.807) is 13.8 Å². The highest BCUT2D eigenvalue weighted by Crippen LogP contribution is 1.96. The second-order valence-electron chi connectivity index (χ2n) is 2.18. The van der Waals surface area contributed by atoms with Crippen LogP contribution < -0.4 is 0 Å². The molecule has 1 N–H and O–H groups in total. The molecule has 0 aromatic carbocycles. The van der Waals surface area contributed by atoms with Gasteiger partial charge in [0.05, 0.1) is 12.6 Å². The van der Waals surface area contributed by atoms with Crippen LogP contribution in [0.1, 0.15) is 13.8 Å². The second-order valence-corrected chi connectivity index (χ2v) is 2.18. The van der Waals surface area contributed by atoms with Gasteiger partial charge in [0.1, 0.15) is 0 Å². The molecule has 64 valence electrons. The Bertz CT molecular complexity index is 254. The first-order valence-electron chi connectivity index (χ1n) is 3.48. The number of hydrogen-bond acceptors (Lipinski definition) is 1. The van der Waals surface area contributed by atoms with Crippen molar-refractivity contribution >= 4 is 6.09 Å². The van der Waals surface area contributed by atoms with Crippen LogP contribution in [0.15, 0.2) is 0 Å². The summed E-state index contributed by atoms with van der Waals surface area (Å²) in [6, 6.07) is -0.427. The van der Waals surface area contributed by atoms with Gasteiger partial charge in [-0.25, -0.2) is 4.79 Å². The number of nitrogens with zero attached hydrogens (tertiary/aromatic N) is 1. The highest BCUT2D eigenvalue weighted by Gasteiger charge is 2.15. The molecule has 1 amide bonds. The second kappa shape index (κ2) is 5.09. The summed E-state index contributed by atoms with van der Waals surface area (Å²) in [6.45, 7) is 3.46. The molecule has 0 saturated heterocycles. The van der Waals surface area contributed by atoms with Gasteiger partial charge in [-0.15, -0.1) is 12.3 Å². The zero-order valence-corrected chi connectivity index (χ0v) is 7.16. The standard InChI is InChI=1S/C9H11NO2/c1-4-6-7-10(9(11)12)8(3)5-2/h2,8H,7H2,1,3H3,(H,11,12). The minimum Gasteiger partial charge on any atom is -0.465 e. The lowest BCUT2D eigenvalue weighted by Crippen LogP contribution is -2.36. The van der Waals surface area contributed by atoms with E-state index >= 15 is 0 Å². The average Bonchev–Trinajstić information content (AvgIpc) is 2.04. The molecule has 0 heterocycles. The van der Waals surface area contributed by atoms with Crippen LogP contribution in [0.5, 0.6) is 0 Å². The maximum atomic E-state index is 10.6. The molecule has 0 bridgehead atoms. The van der Waals surface area contributed by atoms with Gasteiger partial charge < -0.3 is 5.11 Å². The zero-order chi connectivity index (χ0) is 9.56. The molecule has 0 aliphatic heterocycles. The van der Waals surface area contributed by atoms with E-state index in [0.29, 0.717) is 0 Å². The third kappa shape index (κ3) is 2.98. The van der Waals surface area contributed by atoms with Crippen molar-refractivity contribution in [2.75, 3.05) is 6.54 Å². The van der Waals surface area contributed by atoms with Crippen LogP contribution >= 0.6 is 0 Å². The Morgan fingerprint density at radius 2 is 2.33 bits per heavy atom. The Morgan fingerprint density at radius 1 is 1.75 bits per heavy atom. The highest BCUT2D eigenvalue weighted by atomic mass is 16.4. The predicted octanol–water partition coefficient (Wildman–Crippen LogP) is 1.01. The predicted molar refractivity (Wildman–Crippen MR) is 46.5 cm³/mol. The highest BCUT2D eigenvalue weighted by molar-refractivity contribution is 5.66. The van der Waals surface area contributed by atoms with Gasteiger partial charge in [-0.2, -0.15) is 0 Å². The van der Waals surface area contributed by atoms with Gasteiger partial charge >= 0.3 is 6.09 Å². The van der Waals surface area contributed by atoms with E-state index in [1.165, 1.54) is 0 Å². The maximum Gasteiger partial charge on any atom is 0.409 e. The summed E-state index contributed by atoms with van der Waals surface area (Å²) in [6.07, 6.45) is 4.04. The van der Waals surface area contributed by atoms with Crippen molar-refractivity contribution in [3.8, 4) is 24.2 Å². The Kier molecular flexibility index (Phi) is 4.41. The zero-order valence-electron chi connectivity index (χ0n) is 7.16. The number of terminal acetylenes is 1. The van der Waals surface area contributed by atoms with E-state index in [1.807, 2.05) is 0 Å². The largest absolute Gasteiger partial charge is 0.465 e. The molecule has 0 aliphatic carbocycles. The van der Waals surface area contributed by atoms with E-state index in [4.69, 9.17) is 11.5 Å². The van der Waals surface area contributed by atoms with Crippen LogP contribution in [0.3, 0.4) is 0 Å². The summed E-state index contributed by atoms with van der Waals surface area (Å²) >= 11 is 0. The minimum absolute atomic E-state index is 0.164. The van der Waals surface area contributed by atoms with Crippen molar-refractivity contribution in [2.45, 2.75) is 19.9 Å². The van der Waals surface area contributed by atoms with Gasteiger partial charge in [-0.1, -0.05) is 11.8 Å². The molecular formula is C9H11NO2. The topological polar surface area (TPSA) is 40.5 Å². The van der Waals surface area contributed by atoms with E-state index in [0.717, 1.165) is 4.90 Å². The van der Waals surface area contributed by atoms with Gasteiger partial charge in [-0.3, -0.25) is 4.90 Å². The van der Waals surface area contributed by atoms with E-state index in [9.17, 15) is 4.79 Å². The van der Waals surface area contributed by atoms with Crippen LogP contribution in [0.25, 0.3) is 0 Å². The summed E-state index contributed by atoms with van der Waals surface area (Å²) in [5.74, 6) is 7.59. The molecule has 0 aromatic rings. The maximum absolute atomic E-state index is 10.6. The fourth-order valence-electron chi connectivity index (χ4n) is 0.624. The Labute approximate surface area is 72.4 Å². The fourth-order valence-corrected chi connectivity index (χ4v) is 0.624.